The van der Waals surface area contributed by atoms with Crippen LogP contribution in [-0.4, -0.2) is 9.97 Å². The predicted octanol–water partition coefficient (Wildman–Crippen LogP) is 4.50. The van der Waals surface area contributed by atoms with E-state index in [1.165, 1.54) is 15.3 Å². The highest BCUT2D eigenvalue weighted by molar-refractivity contribution is 7.98. The van der Waals surface area contributed by atoms with Crippen LogP contribution in [0.2, 0.25) is 0 Å². The van der Waals surface area contributed by atoms with Gasteiger partial charge in [-0.05, 0) is 12.1 Å². The lowest BCUT2D eigenvalue weighted by Gasteiger charge is -1.97. The number of hydrogen-bond donors (Lipinski definition) is 0. The van der Waals surface area contributed by atoms with Gasteiger partial charge in [0.05, 0.1) is 0 Å². The van der Waals surface area contributed by atoms with Crippen molar-refractivity contribution in [3.05, 3.63) is 65.9 Å². The van der Waals surface area contributed by atoms with Crippen LogP contribution in [0.1, 0.15) is 4.88 Å². The molecule has 2 aromatic heterocycles. The zero-order valence-corrected chi connectivity index (χ0v) is 11.8. The fourth-order valence-corrected chi connectivity index (χ4v) is 3.50. The Morgan fingerprint density at radius 2 is 1.79 bits per heavy atom. The third kappa shape index (κ3) is 3.22. The zero-order chi connectivity index (χ0) is 12.9. The average Bonchev–Trinajstić information content (AvgIpc) is 2.96. The quantitative estimate of drug-likeness (QED) is 0.660. The Morgan fingerprint density at radius 3 is 2.58 bits per heavy atom. The lowest BCUT2D eigenvalue weighted by Crippen LogP contribution is -1.75. The Kier molecular flexibility index (Phi) is 3.91. The summed E-state index contributed by atoms with van der Waals surface area (Å²) in [5.41, 5.74) is 1.19. The fraction of sp³-hybridized carbons (Fsp3) is 0.0667. The maximum absolute atomic E-state index is 4.49. The van der Waals surface area contributed by atoms with Gasteiger partial charge >= 0.3 is 0 Å². The standard InChI is InChI=1S/C15H12N2S2/c1-2-4-12(5-3-1)15-17-10-14(19-15)11-18-13-6-8-16-9-7-13/h1-10H,11H2. The summed E-state index contributed by atoms with van der Waals surface area (Å²) in [6, 6.07) is 14.4. The van der Waals surface area contributed by atoms with Crippen molar-refractivity contribution in [1.29, 1.82) is 0 Å². The monoisotopic (exact) mass is 284 g/mol. The van der Waals surface area contributed by atoms with Crippen molar-refractivity contribution in [2.24, 2.45) is 0 Å². The van der Waals surface area contributed by atoms with E-state index in [0.717, 1.165) is 10.8 Å². The smallest absolute Gasteiger partial charge is 0.123 e. The average molecular weight is 284 g/mol. The van der Waals surface area contributed by atoms with Gasteiger partial charge in [-0.3, -0.25) is 4.98 Å². The normalized spacial score (nSPS) is 10.5. The summed E-state index contributed by atoms with van der Waals surface area (Å²) < 4.78 is 0. The van der Waals surface area contributed by atoms with Crippen LogP contribution in [0.4, 0.5) is 0 Å². The van der Waals surface area contributed by atoms with Crippen LogP contribution in [0.15, 0.2) is 66.0 Å². The highest BCUT2D eigenvalue weighted by Gasteiger charge is 2.04. The Bertz CT molecular complexity index is 636. The fourth-order valence-electron chi connectivity index (χ4n) is 1.68. The molecule has 3 rings (SSSR count). The molecule has 0 amide bonds. The van der Waals surface area contributed by atoms with Gasteiger partial charge in [0.1, 0.15) is 5.01 Å². The first kappa shape index (κ1) is 12.4. The third-order valence-corrected chi connectivity index (χ3v) is 4.90. The second kappa shape index (κ2) is 5.99. The molecule has 0 aliphatic heterocycles. The summed E-state index contributed by atoms with van der Waals surface area (Å²) in [4.78, 5) is 11.0. The summed E-state index contributed by atoms with van der Waals surface area (Å²) in [5, 5.41) is 1.09. The van der Waals surface area contributed by atoms with E-state index in [9.17, 15) is 0 Å². The molecular formula is C15H12N2S2. The second-order valence-electron chi connectivity index (χ2n) is 3.97. The number of hydrogen-bond acceptors (Lipinski definition) is 4. The molecule has 0 N–H and O–H groups in total. The van der Waals surface area contributed by atoms with Crippen LogP contribution in [-0.2, 0) is 5.75 Å². The molecule has 0 spiro atoms. The predicted molar refractivity (Wildman–Crippen MR) is 81.3 cm³/mol. The Hall–Kier alpha value is -1.65. The number of thiazole rings is 1. The van der Waals surface area contributed by atoms with Gasteiger partial charge in [0.2, 0.25) is 0 Å². The molecule has 4 heteroatoms. The van der Waals surface area contributed by atoms with Crippen LogP contribution >= 0.6 is 23.1 Å². The van der Waals surface area contributed by atoms with Crippen molar-refractivity contribution in [2.45, 2.75) is 10.6 Å². The van der Waals surface area contributed by atoms with E-state index in [1.54, 1.807) is 11.3 Å². The number of benzene rings is 1. The molecule has 0 aliphatic carbocycles. The van der Waals surface area contributed by atoms with E-state index in [0.29, 0.717) is 0 Å². The molecule has 0 bridgehead atoms. The lowest BCUT2D eigenvalue weighted by molar-refractivity contribution is 1.26. The van der Waals surface area contributed by atoms with Gasteiger partial charge in [0.25, 0.3) is 0 Å². The van der Waals surface area contributed by atoms with E-state index in [2.05, 4.69) is 22.1 Å². The first-order chi connectivity index (χ1) is 9.42. The van der Waals surface area contributed by atoms with Crippen LogP contribution in [0, 0.1) is 0 Å². The largest absolute Gasteiger partial charge is 0.265 e. The van der Waals surface area contributed by atoms with E-state index >= 15 is 0 Å². The molecule has 19 heavy (non-hydrogen) atoms. The van der Waals surface area contributed by atoms with E-state index in [1.807, 2.05) is 60.7 Å². The van der Waals surface area contributed by atoms with Crippen molar-refractivity contribution in [2.75, 3.05) is 0 Å². The van der Waals surface area contributed by atoms with E-state index < -0.39 is 0 Å². The molecule has 3 aromatic rings. The molecule has 2 heterocycles. The maximum Gasteiger partial charge on any atom is 0.123 e. The van der Waals surface area contributed by atoms with Gasteiger partial charge in [-0.25, -0.2) is 4.98 Å². The first-order valence-electron chi connectivity index (χ1n) is 5.95. The van der Waals surface area contributed by atoms with Crippen molar-refractivity contribution in [3.8, 4) is 10.6 Å². The molecule has 1 aromatic carbocycles. The molecule has 94 valence electrons. The Balaban J connectivity index is 1.69. The summed E-state index contributed by atoms with van der Waals surface area (Å²) in [6.07, 6.45) is 5.62. The zero-order valence-electron chi connectivity index (χ0n) is 10.2. The number of thioether (sulfide) groups is 1. The van der Waals surface area contributed by atoms with Crippen molar-refractivity contribution < 1.29 is 0 Å². The summed E-state index contributed by atoms with van der Waals surface area (Å²) in [6.45, 7) is 0. The van der Waals surface area contributed by atoms with Crippen LogP contribution in [0.3, 0.4) is 0 Å². The highest BCUT2D eigenvalue weighted by atomic mass is 32.2. The minimum Gasteiger partial charge on any atom is -0.265 e. The topological polar surface area (TPSA) is 25.8 Å². The van der Waals surface area contributed by atoms with E-state index in [4.69, 9.17) is 0 Å². The Labute approximate surface area is 120 Å². The van der Waals surface area contributed by atoms with Crippen LogP contribution in [0.25, 0.3) is 10.6 Å². The molecule has 0 fully saturated rings. The first-order valence-corrected chi connectivity index (χ1v) is 7.75. The summed E-state index contributed by atoms with van der Waals surface area (Å²) >= 11 is 3.57. The van der Waals surface area contributed by atoms with E-state index in [-0.39, 0.29) is 0 Å². The minimum absolute atomic E-state index is 0.953. The van der Waals surface area contributed by atoms with Gasteiger partial charge in [-0.15, -0.1) is 23.1 Å². The number of nitrogens with zero attached hydrogens (tertiary/aromatic N) is 2. The number of pyridine rings is 1. The van der Waals surface area contributed by atoms with Crippen molar-refractivity contribution in [3.63, 3.8) is 0 Å². The van der Waals surface area contributed by atoms with Gasteiger partial charge in [-0.2, -0.15) is 0 Å². The SMILES string of the molecule is c1ccc(-c2ncc(CSc3ccncc3)s2)cc1. The minimum atomic E-state index is 0.953. The van der Waals surface area contributed by atoms with Crippen molar-refractivity contribution >= 4 is 23.1 Å². The summed E-state index contributed by atoms with van der Waals surface area (Å²) in [5.74, 6) is 0.953. The molecule has 0 radical (unpaired) electrons. The van der Waals surface area contributed by atoms with Crippen LogP contribution < -0.4 is 0 Å². The highest BCUT2D eigenvalue weighted by Crippen LogP contribution is 2.29. The third-order valence-electron chi connectivity index (χ3n) is 2.61. The molecule has 0 saturated heterocycles. The second-order valence-corrected chi connectivity index (χ2v) is 6.13. The van der Waals surface area contributed by atoms with Gasteiger partial charge in [-0.1, -0.05) is 30.3 Å². The maximum atomic E-state index is 4.49. The van der Waals surface area contributed by atoms with Gasteiger partial charge in [0.15, 0.2) is 0 Å². The molecule has 0 atom stereocenters. The van der Waals surface area contributed by atoms with Crippen LogP contribution in [0.5, 0.6) is 0 Å². The lowest BCUT2D eigenvalue weighted by atomic mass is 10.2. The van der Waals surface area contributed by atoms with Crippen molar-refractivity contribution in [1.82, 2.24) is 9.97 Å². The number of rotatable bonds is 4. The molecule has 2 nitrogen and oxygen atoms in total. The molecular weight excluding hydrogens is 272 g/mol. The molecule has 0 aliphatic rings. The van der Waals surface area contributed by atoms with Gasteiger partial charge < -0.3 is 0 Å². The number of aromatic nitrogens is 2. The summed E-state index contributed by atoms with van der Waals surface area (Å²) in [7, 11) is 0. The molecule has 0 unspecified atom stereocenters. The molecule has 0 saturated carbocycles. The van der Waals surface area contributed by atoms with Gasteiger partial charge in [0, 0.05) is 39.7 Å². The Morgan fingerprint density at radius 1 is 1.00 bits per heavy atom.